The highest BCUT2D eigenvalue weighted by atomic mass is 19.1. The van der Waals surface area contributed by atoms with Crippen LogP contribution in [0.5, 0.6) is 0 Å². The fourth-order valence-electron chi connectivity index (χ4n) is 4.33. The van der Waals surface area contributed by atoms with Gasteiger partial charge in [-0.2, -0.15) is 4.39 Å². The molecule has 0 amide bonds. The van der Waals surface area contributed by atoms with Crippen LogP contribution in [0.4, 0.5) is 4.39 Å². The van der Waals surface area contributed by atoms with E-state index in [2.05, 4.69) is 0 Å². The third-order valence-electron chi connectivity index (χ3n) is 6.47. The van der Waals surface area contributed by atoms with Gasteiger partial charge in [0.1, 0.15) is 18.3 Å². The van der Waals surface area contributed by atoms with Gasteiger partial charge in [-0.3, -0.25) is 4.79 Å². The lowest BCUT2D eigenvalue weighted by atomic mass is 10.0. The molecule has 214 valence electrons. The molecule has 0 bridgehead atoms. The van der Waals surface area contributed by atoms with Crippen LogP contribution >= 0.6 is 0 Å². The molecule has 0 aromatic heterocycles. The van der Waals surface area contributed by atoms with Gasteiger partial charge in [-0.1, -0.05) is 121 Å². The predicted molar refractivity (Wildman–Crippen MR) is 153 cm³/mol. The molecule has 41 heavy (non-hydrogen) atoms. The van der Waals surface area contributed by atoms with Crippen molar-refractivity contribution in [2.75, 3.05) is 6.61 Å². The average molecular weight is 559 g/mol. The molecule has 6 nitrogen and oxygen atoms in total. The molecule has 0 aliphatic heterocycles. The van der Waals surface area contributed by atoms with Crippen molar-refractivity contribution in [1.29, 1.82) is 0 Å². The molecule has 0 unspecified atom stereocenters. The van der Waals surface area contributed by atoms with Gasteiger partial charge in [0.05, 0.1) is 33.0 Å². The number of carbonyl (C=O) groups is 1. The van der Waals surface area contributed by atoms with Crippen molar-refractivity contribution in [2.24, 2.45) is 0 Å². The van der Waals surface area contributed by atoms with E-state index in [1.165, 1.54) is 0 Å². The van der Waals surface area contributed by atoms with Gasteiger partial charge in [-0.25, -0.2) is 0 Å². The van der Waals surface area contributed by atoms with E-state index in [0.29, 0.717) is 0 Å². The molecule has 0 aliphatic rings. The second-order valence-electron chi connectivity index (χ2n) is 9.61. The summed E-state index contributed by atoms with van der Waals surface area (Å²) in [6.45, 7) is 0.240. The minimum absolute atomic E-state index is 0.0294. The average Bonchev–Trinajstić information content (AvgIpc) is 3.01. The van der Waals surface area contributed by atoms with Crippen LogP contribution in [-0.4, -0.2) is 42.2 Å². The van der Waals surface area contributed by atoms with Gasteiger partial charge in [0.25, 0.3) is 0 Å². The van der Waals surface area contributed by atoms with Crippen LogP contribution in [0.2, 0.25) is 0 Å². The molecule has 0 aliphatic carbocycles. The fraction of sp³-hybridized carbons (Fsp3) is 0.265. The Balaban J connectivity index is 1.57. The number of aliphatic hydroxyl groups excluding tert-OH is 1. The number of hydrogen-bond donors (Lipinski definition) is 1. The van der Waals surface area contributed by atoms with E-state index in [1.807, 2.05) is 121 Å². The summed E-state index contributed by atoms with van der Waals surface area (Å²) in [5.41, 5.74) is 3.34. The van der Waals surface area contributed by atoms with Crippen molar-refractivity contribution < 1.29 is 33.2 Å². The standard InChI is InChI=1S/C34H35FO6/c35-34(37)33(41-24-29-19-11-4-12-20-29)32(40-23-28-17-9-3-10-18-28)31(39-22-27-15-7-2-8-16-27)30(36)25-38-21-26-13-5-1-6-14-26/h1-20,30-33,36H,21-25H2/t30-,31-,32+,33-/m1/s1. The predicted octanol–water partition coefficient (Wildman–Crippen LogP) is 5.82. The highest BCUT2D eigenvalue weighted by Gasteiger charge is 2.41. The molecule has 0 radical (unpaired) electrons. The first-order chi connectivity index (χ1) is 20.1. The normalized spacial score (nSPS) is 14.2. The van der Waals surface area contributed by atoms with E-state index >= 15 is 0 Å². The summed E-state index contributed by atoms with van der Waals surface area (Å²) in [5.74, 6) is 0. The number of carbonyl (C=O) groups excluding carboxylic acids is 1. The lowest BCUT2D eigenvalue weighted by Gasteiger charge is -2.34. The van der Waals surface area contributed by atoms with Gasteiger partial charge in [0.2, 0.25) is 0 Å². The lowest BCUT2D eigenvalue weighted by molar-refractivity contribution is -0.195. The highest BCUT2D eigenvalue weighted by molar-refractivity contribution is 5.74. The summed E-state index contributed by atoms with van der Waals surface area (Å²) >= 11 is 0. The lowest BCUT2D eigenvalue weighted by Crippen LogP contribution is -2.52. The number of halogens is 1. The molecule has 0 heterocycles. The molecular weight excluding hydrogens is 523 g/mol. The van der Waals surface area contributed by atoms with E-state index in [4.69, 9.17) is 18.9 Å². The largest absolute Gasteiger partial charge is 0.388 e. The smallest absolute Gasteiger partial charge is 0.332 e. The van der Waals surface area contributed by atoms with E-state index < -0.39 is 30.5 Å². The topological polar surface area (TPSA) is 74.2 Å². The molecule has 0 saturated heterocycles. The van der Waals surface area contributed by atoms with E-state index in [-0.39, 0.29) is 33.0 Å². The van der Waals surface area contributed by atoms with E-state index in [0.717, 1.165) is 22.3 Å². The minimum Gasteiger partial charge on any atom is -0.388 e. The first-order valence-electron chi connectivity index (χ1n) is 13.6. The van der Waals surface area contributed by atoms with Crippen LogP contribution in [0, 0.1) is 0 Å². The number of aliphatic hydroxyl groups is 1. The van der Waals surface area contributed by atoms with Crippen LogP contribution in [0.1, 0.15) is 22.3 Å². The second-order valence-corrected chi connectivity index (χ2v) is 9.61. The Labute approximate surface area is 240 Å². The maximum absolute atomic E-state index is 14.7. The molecule has 0 fully saturated rings. The molecule has 4 aromatic carbocycles. The Hall–Kier alpha value is -3.72. The van der Waals surface area contributed by atoms with Gasteiger partial charge in [-0.15, -0.1) is 0 Å². The quantitative estimate of drug-likeness (QED) is 0.165. The summed E-state index contributed by atoms with van der Waals surface area (Å²) in [7, 11) is 0. The van der Waals surface area contributed by atoms with Crippen molar-refractivity contribution in [2.45, 2.75) is 50.8 Å². The third kappa shape index (κ3) is 10.0. The summed E-state index contributed by atoms with van der Waals surface area (Å²) in [6, 6.07) is 35.6. The van der Waals surface area contributed by atoms with Gasteiger partial charge < -0.3 is 24.1 Å². The molecule has 4 aromatic rings. The highest BCUT2D eigenvalue weighted by Crippen LogP contribution is 2.22. The summed E-state index contributed by atoms with van der Waals surface area (Å²) in [4.78, 5) is 12.4. The van der Waals surface area contributed by atoms with Crippen molar-refractivity contribution in [1.82, 2.24) is 0 Å². The Morgan fingerprint density at radius 2 is 0.927 bits per heavy atom. The number of benzene rings is 4. The van der Waals surface area contributed by atoms with E-state index in [9.17, 15) is 14.3 Å². The summed E-state index contributed by atoms with van der Waals surface area (Å²) in [6.07, 6.45) is -5.35. The molecule has 4 atom stereocenters. The molecule has 4 rings (SSSR count). The maximum Gasteiger partial charge on any atom is 0.332 e. The van der Waals surface area contributed by atoms with E-state index in [1.54, 1.807) is 0 Å². The van der Waals surface area contributed by atoms with Crippen molar-refractivity contribution >= 4 is 6.04 Å². The van der Waals surface area contributed by atoms with Gasteiger partial charge in [0.15, 0.2) is 6.10 Å². The molecule has 7 heteroatoms. The third-order valence-corrected chi connectivity index (χ3v) is 6.47. The zero-order valence-corrected chi connectivity index (χ0v) is 22.8. The Morgan fingerprint density at radius 3 is 1.34 bits per heavy atom. The first kappa shape index (κ1) is 30.2. The molecule has 1 N–H and O–H groups in total. The maximum atomic E-state index is 14.7. The van der Waals surface area contributed by atoms with Gasteiger partial charge in [0, 0.05) is 0 Å². The Kier molecular flexibility index (Phi) is 12.2. The van der Waals surface area contributed by atoms with Crippen LogP contribution in [-0.2, 0) is 50.2 Å². The summed E-state index contributed by atoms with van der Waals surface area (Å²) in [5, 5.41) is 11.3. The van der Waals surface area contributed by atoms with Crippen LogP contribution in [0.15, 0.2) is 121 Å². The SMILES string of the molecule is O=C(F)[C@H](OCc1ccccc1)[C@@H](OCc1ccccc1)[C@H](OCc1ccccc1)[C@H](O)COCc1ccccc1. The monoisotopic (exact) mass is 558 g/mol. The fourth-order valence-corrected chi connectivity index (χ4v) is 4.33. The van der Waals surface area contributed by atoms with Gasteiger partial charge >= 0.3 is 6.04 Å². The zero-order chi connectivity index (χ0) is 28.7. The second kappa shape index (κ2) is 16.5. The zero-order valence-electron chi connectivity index (χ0n) is 22.8. The van der Waals surface area contributed by atoms with Crippen molar-refractivity contribution in [3.05, 3.63) is 144 Å². The van der Waals surface area contributed by atoms with Gasteiger partial charge in [-0.05, 0) is 22.3 Å². The Morgan fingerprint density at radius 1 is 0.561 bits per heavy atom. The molecule has 0 spiro atoms. The van der Waals surface area contributed by atoms with Crippen LogP contribution < -0.4 is 0 Å². The minimum atomic E-state index is -1.72. The Bertz CT molecular complexity index is 1270. The van der Waals surface area contributed by atoms with Crippen molar-refractivity contribution in [3.8, 4) is 0 Å². The molecular formula is C34H35FO6. The number of hydrogen-bond acceptors (Lipinski definition) is 6. The van der Waals surface area contributed by atoms with Crippen molar-refractivity contribution in [3.63, 3.8) is 0 Å². The number of ether oxygens (including phenoxy) is 4. The first-order valence-corrected chi connectivity index (χ1v) is 13.6. The van der Waals surface area contributed by atoms with Crippen LogP contribution in [0.25, 0.3) is 0 Å². The number of rotatable bonds is 17. The summed E-state index contributed by atoms with van der Waals surface area (Å²) < 4.78 is 38.6. The van der Waals surface area contributed by atoms with Crippen LogP contribution in [0.3, 0.4) is 0 Å². The molecule has 0 saturated carbocycles.